The molecule has 0 aliphatic carbocycles. The zero-order valence-electron chi connectivity index (χ0n) is 14.8. The van der Waals surface area contributed by atoms with Crippen LogP contribution in [0.4, 0.5) is 0 Å². The Morgan fingerprint density at radius 2 is 1.75 bits per heavy atom. The van der Waals surface area contributed by atoms with Gasteiger partial charge in [-0.15, -0.1) is 0 Å². The number of benzene rings is 2. The molecule has 0 saturated carbocycles. The maximum Gasteiger partial charge on any atom is 0.256 e. The number of rotatable bonds is 3. The van der Waals surface area contributed by atoms with E-state index in [4.69, 9.17) is 11.6 Å². The summed E-state index contributed by atoms with van der Waals surface area (Å²) >= 11 is 7.56. The molecule has 28 heavy (non-hydrogen) atoms. The highest BCUT2D eigenvalue weighted by Gasteiger charge is 2.27. The van der Waals surface area contributed by atoms with Crippen molar-refractivity contribution in [3.8, 4) is 0 Å². The van der Waals surface area contributed by atoms with Gasteiger partial charge in [-0.2, -0.15) is 0 Å². The summed E-state index contributed by atoms with van der Waals surface area (Å²) in [5, 5.41) is 3.13. The second-order valence-electron chi connectivity index (χ2n) is 6.53. The molecule has 1 aliphatic rings. The molecule has 0 radical (unpaired) electrons. The number of hydrogen-bond acceptors (Lipinski definition) is 5. The smallest absolute Gasteiger partial charge is 0.256 e. The maximum atomic E-state index is 13.0. The number of carbonyl (C=O) groups excluding carboxylic acids is 1. The van der Waals surface area contributed by atoms with Crippen molar-refractivity contribution in [2.75, 3.05) is 24.6 Å². The van der Waals surface area contributed by atoms with Crippen LogP contribution in [0.2, 0.25) is 5.02 Å². The number of sulfone groups is 1. The van der Waals surface area contributed by atoms with Crippen LogP contribution < -0.4 is 0 Å². The van der Waals surface area contributed by atoms with E-state index in [2.05, 4.69) is 4.98 Å². The van der Waals surface area contributed by atoms with Gasteiger partial charge in [0.15, 0.2) is 9.84 Å². The van der Waals surface area contributed by atoms with Crippen molar-refractivity contribution in [2.24, 2.45) is 0 Å². The van der Waals surface area contributed by atoms with Gasteiger partial charge in [-0.25, -0.2) is 13.4 Å². The number of carbonyl (C=O) groups is 1. The minimum absolute atomic E-state index is 0.00675. The molecule has 144 valence electrons. The van der Waals surface area contributed by atoms with E-state index >= 15 is 0 Å². The summed E-state index contributed by atoms with van der Waals surface area (Å²) < 4.78 is 23.3. The van der Waals surface area contributed by atoms with Crippen molar-refractivity contribution in [1.29, 1.82) is 0 Å². The molecule has 3 aromatic rings. The third-order valence-electron chi connectivity index (χ3n) is 4.63. The molecule has 1 amide bonds. The van der Waals surface area contributed by atoms with E-state index in [1.165, 1.54) is 11.8 Å². The van der Waals surface area contributed by atoms with Crippen LogP contribution in [0.5, 0.6) is 0 Å². The van der Waals surface area contributed by atoms with Gasteiger partial charge in [0.1, 0.15) is 5.03 Å². The van der Waals surface area contributed by atoms with Gasteiger partial charge in [-0.3, -0.25) is 4.79 Å². The molecule has 1 aliphatic heterocycles. The Morgan fingerprint density at radius 3 is 2.46 bits per heavy atom. The van der Waals surface area contributed by atoms with Crippen molar-refractivity contribution in [1.82, 2.24) is 9.88 Å². The summed E-state index contributed by atoms with van der Waals surface area (Å²) in [7, 11) is -3.04. The molecule has 0 N–H and O–H groups in total. The van der Waals surface area contributed by atoms with Crippen LogP contribution in [-0.4, -0.2) is 48.8 Å². The average molecular weight is 433 g/mol. The Kier molecular flexibility index (Phi) is 5.31. The number of fused-ring (bicyclic) bond motifs is 1. The highest BCUT2D eigenvalue weighted by atomic mass is 35.5. The van der Waals surface area contributed by atoms with E-state index in [1.54, 1.807) is 11.1 Å². The molecule has 0 atom stereocenters. The molecule has 1 aromatic heterocycles. The second kappa shape index (κ2) is 7.73. The Bertz CT molecular complexity index is 1150. The second-order valence-corrected chi connectivity index (χ2v) is 10.3. The summed E-state index contributed by atoms with van der Waals surface area (Å²) in [5.74, 6) is -0.169. The minimum Gasteiger partial charge on any atom is -0.337 e. The molecule has 1 fully saturated rings. The van der Waals surface area contributed by atoms with Crippen molar-refractivity contribution in [3.05, 3.63) is 65.3 Å². The molecule has 0 unspecified atom stereocenters. The molecule has 5 nitrogen and oxygen atoms in total. The summed E-state index contributed by atoms with van der Waals surface area (Å²) in [6.45, 7) is 0.434. The number of aromatic nitrogens is 1. The van der Waals surface area contributed by atoms with Gasteiger partial charge in [-0.05, 0) is 23.6 Å². The first-order chi connectivity index (χ1) is 13.4. The van der Waals surface area contributed by atoms with E-state index in [1.807, 2.05) is 48.5 Å². The van der Waals surface area contributed by atoms with E-state index < -0.39 is 9.84 Å². The van der Waals surface area contributed by atoms with E-state index in [9.17, 15) is 13.2 Å². The number of halogens is 1. The fourth-order valence-electron chi connectivity index (χ4n) is 3.15. The van der Waals surface area contributed by atoms with Crippen LogP contribution in [0.3, 0.4) is 0 Å². The number of amides is 1. The van der Waals surface area contributed by atoms with Crippen molar-refractivity contribution < 1.29 is 13.2 Å². The molecule has 2 aromatic carbocycles. The van der Waals surface area contributed by atoms with Crippen molar-refractivity contribution in [3.63, 3.8) is 0 Å². The van der Waals surface area contributed by atoms with Gasteiger partial charge in [-0.1, -0.05) is 53.7 Å². The lowest BCUT2D eigenvalue weighted by molar-refractivity contribution is 0.0772. The van der Waals surface area contributed by atoms with Crippen LogP contribution in [0.1, 0.15) is 10.4 Å². The molecule has 1 saturated heterocycles. The third kappa shape index (κ3) is 4.01. The topological polar surface area (TPSA) is 67.3 Å². The fraction of sp³-hybridized carbons (Fsp3) is 0.200. The van der Waals surface area contributed by atoms with Crippen LogP contribution >= 0.6 is 23.4 Å². The molecule has 4 rings (SSSR count). The number of nitrogens with zero attached hydrogens (tertiary/aromatic N) is 2. The Labute approximate surface area is 172 Å². The molecule has 8 heteroatoms. The predicted molar refractivity (Wildman–Crippen MR) is 112 cm³/mol. The highest BCUT2D eigenvalue weighted by molar-refractivity contribution is 7.99. The average Bonchev–Trinajstić information content (AvgIpc) is 2.68. The van der Waals surface area contributed by atoms with Crippen LogP contribution in [0.25, 0.3) is 10.8 Å². The highest BCUT2D eigenvalue weighted by Crippen LogP contribution is 2.34. The van der Waals surface area contributed by atoms with Crippen LogP contribution in [-0.2, 0) is 9.84 Å². The Hall–Kier alpha value is -2.09. The van der Waals surface area contributed by atoms with E-state index in [0.717, 1.165) is 20.7 Å². The molecule has 0 bridgehead atoms. The van der Waals surface area contributed by atoms with Gasteiger partial charge >= 0.3 is 0 Å². The standard InChI is InChI=1S/C20H17ClN2O3S2/c21-14-4-3-5-15(12-14)27-19-17-7-2-1-6-16(17)18(13-22-19)20(24)23-8-10-28(25,26)11-9-23/h1-7,12-13H,8-11H2. The van der Waals surface area contributed by atoms with E-state index in [0.29, 0.717) is 10.6 Å². The first-order valence-corrected chi connectivity index (χ1v) is 11.8. The first-order valence-electron chi connectivity index (χ1n) is 8.74. The van der Waals surface area contributed by atoms with Crippen molar-refractivity contribution >= 4 is 49.9 Å². The largest absolute Gasteiger partial charge is 0.337 e. The lowest BCUT2D eigenvalue weighted by atomic mass is 10.1. The molecule has 0 spiro atoms. The predicted octanol–water partition coefficient (Wildman–Crippen LogP) is 3.91. The fourth-order valence-corrected chi connectivity index (χ4v) is 5.55. The quantitative estimate of drug-likeness (QED) is 0.627. The molecule has 2 heterocycles. The Morgan fingerprint density at radius 1 is 1.04 bits per heavy atom. The van der Waals surface area contributed by atoms with Gasteiger partial charge in [0.05, 0.1) is 17.1 Å². The minimum atomic E-state index is -3.04. The van der Waals surface area contributed by atoms with Gasteiger partial charge < -0.3 is 4.90 Å². The molecular weight excluding hydrogens is 416 g/mol. The van der Waals surface area contributed by atoms with Crippen molar-refractivity contribution in [2.45, 2.75) is 9.92 Å². The van der Waals surface area contributed by atoms with Crippen LogP contribution in [0.15, 0.2) is 64.6 Å². The van der Waals surface area contributed by atoms with Gasteiger partial charge in [0, 0.05) is 34.6 Å². The zero-order chi connectivity index (χ0) is 19.7. The summed E-state index contributed by atoms with van der Waals surface area (Å²) in [5.41, 5.74) is 0.491. The Balaban J connectivity index is 1.69. The summed E-state index contributed by atoms with van der Waals surface area (Å²) in [6.07, 6.45) is 1.58. The van der Waals surface area contributed by atoms with Gasteiger partial charge in [0.25, 0.3) is 5.91 Å². The molecular formula is C20H17ClN2O3S2. The SMILES string of the molecule is O=C(c1cnc(Sc2cccc(Cl)c2)c2ccccc12)N1CCS(=O)(=O)CC1. The normalized spacial score (nSPS) is 16.2. The van der Waals surface area contributed by atoms with E-state index in [-0.39, 0.29) is 30.5 Å². The van der Waals surface area contributed by atoms with Crippen LogP contribution in [0, 0.1) is 0 Å². The first kappa shape index (κ1) is 19.2. The third-order valence-corrected chi connectivity index (χ3v) is 7.48. The zero-order valence-corrected chi connectivity index (χ0v) is 17.2. The monoisotopic (exact) mass is 432 g/mol. The van der Waals surface area contributed by atoms with Gasteiger partial charge in [0.2, 0.25) is 0 Å². The lowest BCUT2D eigenvalue weighted by Gasteiger charge is -2.27. The lowest BCUT2D eigenvalue weighted by Crippen LogP contribution is -2.43. The maximum absolute atomic E-state index is 13.0. The number of hydrogen-bond donors (Lipinski definition) is 0. The number of pyridine rings is 1. The summed E-state index contributed by atoms with van der Waals surface area (Å²) in [6, 6.07) is 15.2. The summed E-state index contributed by atoms with van der Waals surface area (Å²) in [4.78, 5) is 20.1.